The van der Waals surface area contributed by atoms with Crippen LogP contribution in [0.1, 0.15) is 15.9 Å². The van der Waals surface area contributed by atoms with Gasteiger partial charge in [-0.2, -0.15) is 17.5 Å². The Bertz CT molecular complexity index is 1070. The molecular formula is C19H19F4N3O5S. The molecule has 2 heterocycles. The van der Waals surface area contributed by atoms with E-state index in [1.54, 1.807) is 0 Å². The summed E-state index contributed by atoms with van der Waals surface area (Å²) in [5.41, 5.74) is -0.134. The molecule has 1 N–H and O–H groups in total. The van der Waals surface area contributed by atoms with Gasteiger partial charge in [0.1, 0.15) is 5.82 Å². The molecule has 174 valence electrons. The van der Waals surface area contributed by atoms with Gasteiger partial charge in [-0.3, -0.25) is 4.79 Å². The third-order valence-electron chi connectivity index (χ3n) is 4.43. The molecule has 2 aromatic rings. The number of hydrogen-bond donors (Lipinski definition) is 1. The molecule has 0 aliphatic carbocycles. The molecule has 1 aliphatic heterocycles. The number of pyridine rings is 1. The molecule has 32 heavy (non-hydrogen) atoms. The van der Waals surface area contributed by atoms with Crippen LogP contribution in [0.3, 0.4) is 0 Å². The number of carbonyl (C=O) groups is 1. The molecule has 0 spiro atoms. The highest BCUT2D eigenvalue weighted by Crippen LogP contribution is 2.21. The molecule has 1 aromatic carbocycles. The van der Waals surface area contributed by atoms with E-state index < -0.39 is 40.1 Å². The van der Waals surface area contributed by atoms with Crippen LogP contribution >= 0.6 is 0 Å². The van der Waals surface area contributed by atoms with Gasteiger partial charge in [-0.05, 0) is 29.8 Å². The molecule has 0 unspecified atom stereocenters. The van der Waals surface area contributed by atoms with Gasteiger partial charge in [-0.15, -0.1) is 0 Å². The van der Waals surface area contributed by atoms with Crippen molar-refractivity contribution in [3.05, 3.63) is 53.5 Å². The van der Waals surface area contributed by atoms with Gasteiger partial charge in [0.2, 0.25) is 15.9 Å². The van der Waals surface area contributed by atoms with Crippen molar-refractivity contribution in [1.29, 1.82) is 0 Å². The van der Waals surface area contributed by atoms with Gasteiger partial charge in [0.15, 0.2) is 6.61 Å². The van der Waals surface area contributed by atoms with Crippen LogP contribution in [0.25, 0.3) is 0 Å². The largest absolute Gasteiger partial charge is 0.468 e. The zero-order chi connectivity index (χ0) is 23.4. The quantitative estimate of drug-likeness (QED) is 0.614. The molecule has 0 atom stereocenters. The summed E-state index contributed by atoms with van der Waals surface area (Å²) in [6.45, 7) is -0.957. The number of halogens is 4. The number of benzene rings is 1. The summed E-state index contributed by atoms with van der Waals surface area (Å²) < 4.78 is 87.3. The third kappa shape index (κ3) is 6.14. The number of rotatable bonds is 7. The van der Waals surface area contributed by atoms with E-state index in [9.17, 15) is 30.8 Å². The topological polar surface area (TPSA) is 97.8 Å². The second-order valence-corrected chi connectivity index (χ2v) is 8.68. The van der Waals surface area contributed by atoms with Crippen molar-refractivity contribution in [2.45, 2.75) is 17.6 Å². The van der Waals surface area contributed by atoms with Crippen molar-refractivity contribution in [3.63, 3.8) is 0 Å². The first-order valence-electron chi connectivity index (χ1n) is 9.36. The van der Waals surface area contributed by atoms with E-state index in [0.29, 0.717) is 5.56 Å². The van der Waals surface area contributed by atoms with Crippen LogP contribution in [0.4, 0.5) is 17.6 Å². The van der Waals surface area contributed by atoms with E-state index in [4.69, 9.17) is 4.74 Å². The summed E-state index contributed by atoms with van der Waals surface area (Å²) in [4.78, 5) is 15.9. The molecule has 1 fully saturated rings. The highest BCUT2D eigenvalue weighted by molar-refractivity contribution is 7.89. The summed E-state index contributed by atoms with van der Waals surface area (Å²) >= 11 is 0. The van der Waals surface area contributed by atoms with Crippen molar-refractivity contribution in [2.24, 2.45) is 0 Å². The Morgan fingerprint density at radius 2 is 1.91 bits per heavy atom. The molecule has 1 amide bonds. The average molecular weight is 477 g/mol. The van der Waals surface area contributed by atoms with Crippen LogP contribution < -0.4 is 10.1 Å². The first-order chi connectivity index (χ1) is 15.1. The van der Waals surface area contributed by atoms with E-state index in [1.165, 1.54) is 22.6 Å². The zero-order valence-corrected chi connectivity index (χ0v) is 17.4. The van der Waals surface area contributed by atoms with E-state index in [2.05, 4.69) is 15.0 Å². The van der Waals surface area contributed by atoms with Crippen molar-refractivity contribution in [2.75, 3.05) is 32.9 Å². The van der Waals surface area contributed by atoms with Gasteiger partial charge in [-0.1, -0.05) is 0 Å². The molecule has 0 saturated carbocycles. The van der Waals surface area contributed by atoms with Crippen molar-refractivity contribution in [1.82, 2.24) is 14.6 Å². The predicted octanol–water partition coefficient (Wildman–Crippen LogP) is 2.11. The van der Waals surface area contributed by atoms with Gasteiger partial charge in [-0.25, -0.2) is 17.8 Å². The lowest BCUT2D eigenvalue weighted by molar-refractivity contribution is -0.154. The van der Waals surface area contributed by atoms with Gasteiger partial charge in [0.05, 0.1) is 23.7 Å². The van der Waals surface area contributed by atoms with Crippen molar-refractivity contribution >= 4 is 15.9 Å². The minimum Gasteiger partial charge on any atom is -0.468 e. The van der Waals surface area contributed by atoms with Crippen LogP contribution in [-0.2, 0) is 21.3 Å². The van der Waals surface area contributed by atoms with E-state index >= 15 is 0 Å². The molecule has 8 nitrogen and oxygen atoms in total. The van der Waals surface area contributed by atoms with Crippen LogP contribution in [0.15, 0.2) is 41.4 Å². The zero-order valence-electron chi connectivity index (χ0n) is 16.6. The van der Waals surface area contributed by atoms with Crippen LogP contribution in [0, 0.1) is 5.82 Å². The number of alkyl halides is 3. The number of amides is 1. The molecule has 1 saturated heterocycles. The number of ether oxygens (including phenoxy) is 2. The fraction of sp³-hybridized carbons (Fsp3) is 0.368. The summed E-state index contributed by atoms with van der Waals surface area (Å²) in [7, 11) is -3.94. The molecular weight excluding hydrogens is 458 g/mol. The second kappa shape index (κ2) is 9.79. The Hall–Kier alpha value is -2.77. The Labute approximate surface area is 181 Å². The fourth-order valence-electron chi connectivity index (χ4n) is 2.85. The van der Waals surface area contributed by atoms with E-state index in [1.807, 2.05) is 0 Å². The highest BCUT2D eigenvalue weighted by Gasteiger charge is 2.29. The molecule has 0 radical (unpaired) electrons. The summed E-state index contributed by atoms with van der Waals surface area (Å²) in [5, 5.41) is 2.40. The average Bonchev–Trinajstić information content (AvgIpc) is 2.76. The first kappa shape index (κ1) is 23.9. The Kier molecular flexibility index (Phi) is 7.31. The fourth-order valence-corrected chi connectivity index (χ4v) is 4.28. The maximum absolute atomic E-state index is 14.2. The standard InChI is InChI=1S/C19H19F4N3O5S/c20-16-2-1-14(32(28,29)26-5-7-30-8-6-26)10-15(16)18(27)25-11-13-3-4-24-17(9-13)31-12-19(21,22)23/h1-4,9-10H,5-8,11-12H2,(H,25,27). The highest BCUT2D eigenvalue weighted by atomic mass is 32.2. The third-order valence-corrected chi connectivity index (χ3v) is 6.32. The van der Waals surface area contributed by atoms with E-state index in [0.717, 1.165) is 18.2 Å². The monoisotopic (exact) mass is 477 g/mol. The Morgan fingerprint density at radius 1 is 1.19 bits per heavy atom. The normalized spacial score (nSPS) is 15.4. The lowest BCUT2D eigenvalue weighted by Crippen LogP contribution is -2.40. The number of carbonyl (C=O) groups excluding carboxylic acids is 1. The lowest BCUT2D eigenvalue weighted by atomic mass is 10.2. The van der Waals surface area contributed by atoms with Gasteiger partial charge in [0, 0.05) is 31.9 Å². The minimum atomic E-state index is -4.53. The van der Waals surface area contributed by atoms with Crippen molar-refractivity contribution < 1.29 is 40.2 Å². The maximum Gasteiger partial charge on any atom is 0.422 e. The number of hydrogen-bond acceptors (Lipinski definition) is 6. The first-order valence-corrected chi connectivity index (χ1v) is 10.8. The Balaban J connectivity index is 1.70. The number of sulfonamides is 1. The van der Waals surface area contributed by atoms with Gasteiger partial charge in [0.25, 0.3) is 5.91 Å². The van der Waals surface area contributed by atoms with Crippen LogP contribution in [-0.4, -0.2) is 62.7 Å². The maximum atomic E-state index is 14.2. The molecule has 1 aromatic heterocycles. The van der Waals surface area contributed by atoms with Crippen molar-refractivity contribution in [3.8, 4) is 5.88 Å². The van der Waals surface area contributed by atoms with Gasteiger partial charge >= 0.3 is 6.18 Å². The van der Waals surface area contributed by atoms with Crippen LogP contribution in [0.2, 0.25) is 0 Å². The van der Waals surface area contributed by atoms with Gasteiger partial charge < -0.3 is 14.8 Å². The minimum absolute atomic E-state index is 0.141. The second-order valence-electron chi connectivity index (χ2n) is 6.75. The molecule has 3 rings (SSSR count). The summed E-state index contributed by atoms with van der Waals surface area (Å²) in [5.74, 6) is -2.11. The molecule has 1 aliphatic rings. The molecule has 13 heteroatoms. The lowest BCUT2D eigenvalue weighted by Gasteiger charge is -2.26. The number of nitrogens with one attached hydrogen (secondary N) is 1. The summed E-state index contributed by atoms with van der Waals surface area (Å²) in [6, 6.07) is 5.53. The smallest absolute Gasteiger partial charge is 0.422 e. The Morgan fingerprint density at radius 3 is 2.59 bits per heavy atom. The van der Waals surface area contributed by atoms with Crippen LogP contribution in [0.5, 0.6) is 5.88 Å². The summed E-state index contributed by atoms with van der Waals surface area (Å²) in [6.07, 6.45) is -3.33. The molecule has 0 bridgehead atoms. The number of nitrogens with zero attached hydrogens (tertiary/aromatic N) is 2. The SMILES string of the molecule is O=C(NCc1ccnc(OCC(F)(F)F)c1)c1cc(S(=O)(=O)N2CCOCC2)ccc1F. The number of aromatic nitrogens is 1. The van der Waals surface area contributed by atoms with E-state index in [-0.39, 0.29) is 43.6 Å². The predicted molar refractivity (Wildman–Crippen MR) is 103 cm³/mol. The number of morpholine rings is 1.